The van der Waals surface area contributed by atoms with E-state index < -0.39 is 0 Å². The Balaban J connectivity index is 0.000000203. The van der Waals surface area contributed by atoms with E-state index in [1.165, 1.54) is 0 Å². The van der Waals surface area contributed by atoms with Crippen LogP contribution in [0.25, 0.3) is 33.3 Å². The van der Waals surface area contributed by atoms with Crippen LogP contribution in [0.1, 0.15) is 0 Å². The number of benzene rings is 5. The summed E-state index contributed by atoms with van der Waals surface area (Å²) in [6, 6.07) is 48.9. The van der Waals surface area contributed by atoms with Gasteiger partial charge in [-0.3, -0.25) is 0 Å². The molecule has 5 aromatic carbocycles. The second-order valence-corrected chi connectivity index (χ2v) is 10.4. The van der Waals surface area contributed by atoms with Gasteiger partial charge in [0.25, 0.3) is 0 Å². The number of nitrogens with zero attached hydrogens (tertiary/aromatic N) is 2. The Hall–Kier alpha value is -5.03. The molecule has 0 unspecified atom stereocenters. The maximum Gasteiger partial charge on any atom is 0.239 e. The molecule has 0 saturated heterocycles. The third-order valence-corrected chi connectivity index (χ3v) is 7.80. The Morgan fingerprint density at radius 1 is 0.591 bits per heavy atom. The number of hydrogen-bond donors (Lipinski definition) is 0. The van der Waals surface area contributed by atoms with Crippen LogP contribution in [0, 0.1) is 12.1 Å². The smallest absolute Gasteiger partial charge is 0.239 e. The number of para-hydroxylation sites is 2. The zero-order chi connectivity index (χ0) is 28.6. The molecule has 0 saturated carbocycles. The molecule has 0 fully saturated rings. The molecule has 0 aliphatic carbocycles. The molecule has 0 N–H and O–H groups in total. The van der Waals surface area contributed by atoms with Crippen LogP contribution in [0.4, 0.5) is 0 Å². The van der Waals surface area contributed by atoms with E-state index in [1.54, 1.807) is 6.20 Å². The summed E-state index contributed by atoms with van der Waals surface area (Å²) in [6.45, 7) is 0.0497. The SMILES string of the molecule is [Ir].[c-]1cc2c3c(c1-c1cc4ccccc4cn1)Oc1ccccc1B3c1ccccc1O2.[c-]1ccccc1-c1ccccn1. The van der Waals surface area contributed by atoms with Crippen molar-refractivity contribution in [3.63, 3.8) is 0 Å². The normalized spacial score (nSPS) is 11.8. The van der Waals surface area contributed by atoms with Crippen molar-refractivity contribution >= 4 is 33.9 Å². The molecule has 0 atom stereocenters. The molecule has 6 heteroatoms. The Kier molecular flexibility index (Phi) is 7.53. The van der Waals surface area contributed by atoms with E-state index in [0.717, 1.165) is 72.7 Å². The van der Waals surface area contributed by atoms with Crippen LogP contribution in [-0.4, -0.2) is 16.7 Å². The number of hydrogen-bond acceptors (Lipinski definition) is 4. The molecule has 4 nitrogen and oxygen atoms in total. The average Bonchev–Trinajstić information content (AvgIpc) is 3.09. The van der Waals surface area contributed by atoms with Gasteiger partial charge in [0, 0.05) is 44.0 Å². The number of ether oxygens (including phenoxy) is 2. The Morgan fingerprint density at radius 2 is 1.30 bits per heavy atom. The zero-order valence-corrected chi connectivity index (χ0v) is 25.8. The molecule has 7 aromatic rings. The molecule has 2 aliphatic rings. The van der Waals surface area contributed by atoms with Crippen LogP contribution in [0.5, 0.6) is 23.0 Å². The largest absolute Gasteiger partial charge is 0.503 e. The number of aromatic nitrogens is 2. The van der Waals surface area contributed by atoms with Crippen LogP contribution in [0.3, 0.4) is 0 Å². The minimum atomic E-state index is 0. The Bertz CT molecular complexity index is 2060. The van der Waals surface area contributed by atoms with Gasteiger partial charge in [0.1, 0.15) is 11.5 Å². The maximum absolute atomic E-state index is 6.49. The van der Waals surface area contributed by atoms with Crippen molar-refractivity contribution in [1.82, 2.24) is 9.97 Å². The monoisotopic (exact) mass is 743 g/mol. The van der Waals surface area contributed by atoms with E-state index in [1.807, 2.05) is 91.1 Å². The number of pyridine rings is 2. The third-order valence-electron chi connectivity index (χ3n) is 7.80. The fourth-order valence-electron chi connectivity index (χ4n) is 5.81. The molecule has 0 bridgehead atoms. The fourth-order valence-corrected chi connectivity index (χ4v) is 5.81. The molecular formula is C38H23BIrN2O2-2. The first kappa shape index (κ1) is 27.8. The summed E-state index contributed by atoms with van der Waals surface area (Å²) in [5, 5.41) is 2.25. The van der Waals surface area contributed by atoms with E-state index >= 15 is 0 Å². The second kappa shape index (κ2) is 11.9. The summed E-state index contributed by atoms with van der Waals surface area (Å²) in [6.07, 6.45) is 3.70. The van der Waals surface area contributed by atoms with Crippen molar-refractivity contribution in [3.05, 3.63) is 152 Å². The summed E-state index contributed by atoms with van der Waals surface area (Å²) in [5.74, 6) is 3.31. The summed E-state index contributed by atoms with van der Waals surface area (Å²) in [4.78, 5) is 8.95. The van der Waals surface area contributed by atoms with Crippen molar-refractivity contribution < 1.29 is 29.6 Å². The van der Waals surface area contributed by atoms with Gasteiger partial charge < -0.3 is 19.4 Å². The van der Waals surface area contributed by atoms with E-state index in [-0.39, 0.29) is 26.8 Å². The van der Waals surface area contributed by atoms with Gasteiger partial charge in [0.15, 0.2) is 0 Å². The van der Waals surface area contributed by atoms with Gasteiger partial charge >= 0.3 is 0 Å². The van der Waals surface area contributed by atoms with E-state index in [0.29, 0.717) is 0 Å². The van der Waals surface area contributed by atoms with Gasteiger partial charge in [-0.15, -0.1) is 48.0 Å². The van der Waals surface area contributed by atoms with Gasteiger partial charge in [0.2, 0.25) is 6.71 Å². The summed E-state index contributed by atoms with van der Waals surface area (Å²) >= 11 is 0. The van der Waals surface area contributed by atoms with Crippen molar-refractivity contribution in [3.8, 4) is 45.5 Å². The molecule has 0 spiro atoms. The van der Waals surface area contributed by atoms with Gasteiger partial charge in [0.05, 0.1) is 0 Å². The Labute approximate surface area is 269 Å². The molecule has 1 radical (unpaired) electrons. The van der Waals surface area contributed by atoms with Crippen LogP contribution >= 0.6 is 0 Å². The van der Waals surface area contributed by atoms with Crippen molar-refractivity contribution in [2.24, 2.45) is 0 Å². The topological polar surface area (TPSA) is 44.2 Å². The van der Waals surface area contributed by atoms with Gasteiger partial charge in [-0.05, 0) is 51.3 Å². The zero-order valence-electron chi connectivity index (χ0n) is 23.4. The molecule has 2 aromatic heterocycles. The van der Waals surface area contributed by atoms with Crippen LogP contribution in [0.15, 0.2) is 140 Å². The van der Waals surface area contributed by atoms with E-state index in [4.69, 9.17) is 14.5 Å². The fraction of sp³-hybridized carbons (Fsp3) is 0. The first-order valence-corrected chi connectivity index (χ1v) is 14.2. The predicted molar refractivity (Wildman–Crippen MR) is 172 cm³/mol. The van der Waals surface area contributed by atoms with Crippen molar-refractivity contribution in [2.75, 3.05) is 0 Å². The first-order chi connectivity index (χ1) is 21.3. The van der Waals surface area contributed by atoms with Crippen molar-refractivity contribution in [1.29, 1.82) is 0 Å². The molecule has 4 heterocycles. The molecule has 44 heavy (non-hydrogen) atoms. The van der Waals surface area contributed by atoms with Crippen LogP contribution in [0.2, 0.25) is 0 Å². The minimum absolute atomic E-state index is 0. The minimum Gasteiger partial charge on any atom is -0.503 e. The second-order valence-electron chi connectivity index (χ2n) is 10.4. The van der Waals surface area contributed by atoms with E-state index in [9.17, 15) is 0 Å². The van der Waals surface area contributed by atoms with Gasteiger partial charge in [-0.1, -0.05) is 89.9 Å². The van der Waals surface area contributed by atoms with Gasteiger partial charge in [-0.2, -0.15) is 0 Å². The van der Waals surface area contributed by atoms with E-state index in [2.05, 4.69) is 59.6 Å². The molecule has 9 rings (SSSR count). The molecule has 2 aliphatic heterocycles. The summed E-state index contributed by atoms with van der Waals surface area (Å²) < 4.78 is 12.8. The maximum atomic E-state index is 6.49. The van der Waals surface area contributed by atoms with Gasteiger partial charge in [-0.25, -0.2) is 0 Å². The quantitative estimate of drug-likeness (QED) is 0.142. The Morgan fingerprint density at radius 3 is 2.05 bits per heavy atom. The predicted octanol–water partition coefficient (Wildman–Crippen LogP) is 6.98. The number of rotatable bonds is 2. The van der Waals surface area contributed by atoms with Crippen molar-refractivity contribution in [2.45, 2.75) is 0 Å². The summed E-state index contributed by atoms with van der Waals surface area (Å²) in [7, 11) is 0. The third kappa shape index (κ3) is 4.98. The summed E-state index contributed by atoms with van der Waals surface area (Å²) in [5.41, 5.74) is 7.05. The first-order valence-electron chi connectivity index (χ1n) is 14.2. The number of fused-ring (bicyclic) bond motifs is 5. The standard InChI is InChI=1S/C27H15BNO2.C11H8N.Ir/c1-2-8-18-16-29-22(15-17(18)7-1)19-13-14-25-26-27(19)31-24-12-6-4-10-21(24)28(26)20-9-3-5-11-23(20)30-25;1-2-6-10(7-3-1)11-8-4-5-9-12-11;/h1-12,14-16H;1-6,8-9H;/q2*-1;. The average molecular weight is 743 g/mol. The van der Waals surface area contributed by atoms with Crippen LogP contribution in [-0.2, 0) is 20.1 Å². The molecular weight excluding hydrogens is 719 g/mol. The molecule has 211 valence electrons. The molecule has 0 amide bonds. The van der Waals surface area contributed by atoms with Crippen LogP contribution < -0.4 is 25.9 Å².